The fourth-order valence-electron chi connectivity index (χ4n) is 2.80. The van der Waals surface area contributed by atoms with Crippen LogP contribution >= 0.6 is 0 Å². The first-order chi connectivity index (χ1) is 11.9. The Hall–Kier alpha value is -0.760. The molecule has 0 aromatic rings. The Morgan fingerprint density at radius 3 is 2.07 bits per heavy atom. The van der Waals surface area contributed by atoms with Gasteiger partial charge in [-0.25, -0.2) is 0 Å². The van der Waals surface area contributed by atoms with Gasteiger partial charge in [0.25, 0.3) is 0 Å². The van der Waals surface area contributed by atoms with E-state index in [-0.39, 0.29) is 35.0 Å². The maximum absolute atomic E-state index is 10.3. The Morgan fingerprint density at radius 2 is 1.59 bits per heavy atom. The van der Waals surface area contributed by atoms with Crippen molar-refractivity contribution in [3.63, 3.8) is 0 Å². The minimum absolute atomic E-state index is 0. The van der Waals surface area contributed by atoms with Crippen LogP contribution in [0.5, 0.6) is 0 Å². The van der Waals surface area contributed by atoms with Crippen LogP contribution < -0.4 is 0 Å². The van der Waals surface area contributed by atoms with Crippen molar-refractivity contribution in [1.82, 2.24) is 0 Å². The summed E-state index contributed by atoms with van der Waals surface area (Å²) in [5.74, 6) is 0. The first-order valence-electron chi connectivity index (χ1n) is 8.42. The monoisotopic (exact) mass is 406 g/mol. The number of carbonyl (C=O) groups is 1. The number of hydrogen-bond donors (Lipinski definition) is 2. The first kappa shape index (κ1) is 28.4. The summed E-state index contributed by atoms with van der Waals surface area (Å²) in [6, 6.07) is 0. The van der Waals surface area contributed by atoms with Crippen molar-refractivity contribution in [2.75, 3.05) is 0 Å². The van der Waals surface area contributed by atoms with Crippen LogP contribution in [0.1, 0.15) is 53.9 Å². The second-order valence-electron chi connectivity index (χ2n) is 7.03. The van der Waals surface area contributed by atoms with Crippen molar-refractivity contribution in [2.45, 2.75) is 53.9 Å². The van der Waals surface area contributed by atoms with E-state index in [4.69, 9.17) is 17.5 Å². The van der Waals surface area contributed by atoms with Gasteiger partial charge in [0.15, 0.2) is 0 Å². The molecule has 0 radical (unpaired) electrons. The van der Waals surface area contributed by atoms with Gasteiger partial charge < -0.3 is 0 Å². The van der Waals surface area contributed by atoms with E-state index in [1.54, 1.807) is 6.08 Å². The third-order valence-electron chi connectivity index (χ3n) is 4.10. The molecule has 5 nitrogen and oxygen atoms in total. The van der Waals surface area contributed by atoms with Crippen molar-refractivity contribution >= 4 is 46.2 Å². The molecule has 0 bridgehead atoms. The van der Waals surface area contributed by atoms with E-state index in [2.05, 4.69) is 45.9 Å². The van der Waals surface area contributed by atoms with Gasteiger partial charge >= 0.3 is 40.0 Å². The Balaban J connectivity index is 0. The molecule has 0 fully saturated rings. The summed E-state index contributed by atoms with van der Waals surface area (Å²) in [7, 11) is -4.67. The molecule has 0 saturated heterocycles. The van der Waals surface area contributed by atoms with Crippen LogP contribution in [0.25, 0.3) is 0 Å². The topological polar surface area (TPSA) is 91.7 Å². The Morgan fingerprint density at radius 1 is 1.07 bits per heavy atom. The summed E-state index contributed by atoms with van der Waals surface area (Å²) in [4.78, 5) is 10.3. The van der Waals surface area contributed by atoms with E-state index < -0.39 is 10.4 Å². The number of rotatable bonds is 5. The molecule has 0 spiro atoms. The molecular weight excluding hydrogens is 375 g/mol. The Labute approximate surface area is 185 Å². The van der Waals surface area contributed by atoms with E-state index in [0.29, 0.717) is 0 Å². The van der Waals surface area contributed by atoms with Gasteiger partial charge in [0.05, 0.1) is 0 Å². The second kappa shape index (κ2) is 13.4. The molecule has 0 amide bonds. The van der Waals surface area contributed by atoms with E-state index in [9.17, 15) is 4.79 Å². The summed E-state index contributed by atoms with van der Waals surface area (Å²) >= 11 is 0. The minimum atomic E-state index is -4.67. The number of carbonyl (C=O) groups excluding carboxylic acids is 1. The zero-order valence-electron chi connectivity index (χ0n) is 16.2. The van der Waals surface area contributed by atoms with Gasteiger partial charge in [0.1, 0.15) is 6.29 Å². The van der Waals surface area contributed by atoms with Crippen molar-refractivity contribution in [3.05, 3.63) is 58.7 Å². The van der Waals surface area contributed by atoms with Gasteiger partial charge in [0.2, 0.25) is 0 Å². The molecule has 27 heavy (non-hydrogen) atoms. The van der Waals surface area contributed by atoms with E-state index in [1.807, 2.05) is 19.1 Å². The van der Waals surface area contributed by atoms with Crippen LogP contribution in [0, 0.1) is 5.41 Å². The molecule has 148 valence electrons. The predicted molar refractivity (Wildman–Crippen MR) is 114 cm³/mol. The van der Waals surface area contributed by atoms with Crippen molar-refractivity contribution in [3.8, 4) is 0 Å². The first-order valence-corrected chi connectivity index (χ1v) is 9.81. The van der Waals surface area contributed by atoms with Crippen LogP contribution in [-0.4, -0.2) is 53.4 Å². The third kappa shape index (κ3) is 14.9. The summed E-state index contributed by atoms with van der Waals surface area (Å²) in [6.45, 7) is 10.9. The van der Waals surface area contributed by atoms with Gasteiger partial charge in [0, 0.05) is 0 Å². The summed E-state index contributed by atoms with van der Waals surface area (Å²) < 4.78 is 31.6. The molecule has 1 rings (SSSR count). The van der Waals surface area contributed by atoms with Gasteiger partial charge in [-0.05, 0) is 62.7 Å². The molecule has 1 aliphatic rings. The molecule has 0 aromatic carbocycles. The number of aldehydes is 1. The standard InChI is InChI=1S/C20H28O.Na.H2O4S.H/c1-16(8-6-9-17(2)13-15-21)11-12-19-18(3)10-7-14-20(19,4)5;;1-5(2,3)4;/h6,8-9,11-13,15H,7,10,14H2,1-5H3;;(H2,1,2,3,4);/b9-6+,12-11+,16-8+,17-13+;;;. The predicted octanol–water partition coefficient (Wildman–Crippen LogP) is 4.42. The zero-order chi connectivity index (χ0) is 20.4. The Bertz CT molecular complexity index is 730. The van der Waals surface area contributed by atoms with E-state index >= 15 is 0 Å². The molecule has 0 unspecified atom stereocenters. The fraction of sp³-hybridized carbons (Fsp3) is 0.450. The summed E-state index contributed by atoms with van der Waals surface area (Å²) in [6.07, 6.45) is 16.6. The normalized spacial score (nSPS) is 18.2. The molecule has 0 saturated carbocycles. The molecule has 0 atom stereocenters. The molecule has 1 aliphatic carbocycles. The number of allylic oxidation sites excluding steroid dienone is 10. The molecule has 0 aliphatic heterocycles. The Kier molecular flexibility index (Phi) is 14.1. The van der Waals surface area contributed by atoms with Crippen LogP contribution in [0.4, 0.5) is 0 Å². The van der Waals surface area contributed by atoms with Crippen molar-refractivity contribution in [1.29, 1.82) is 0 Å². The van der Waals surface area contributed by atoms with Crippen LogP contribution in [0.2, 0.25) is 0 Å². The quantitative estimate of drug-likeness (QED) is 0.232. The fourth-order valence-corrected chi connectivity index (χ4v) is 2.80. The van der Waals surface area contributed by atoms with Crippen LogP contribution in [0.15, 0.2) is 58.7 Å². The van der Waals surface area contributed by atoms with Crippen LogP contribution in [0.3, 0.4) is 0 Å². The molecule has 2 N–H and O–H groups in total. The zero-order valence-corrected chi connectivity index (χ0v) is 17.0. The third-order valence-corrected chi connectivity index (χ3v) is 4.10. The van der Waals surface area contributed by atoms with Gasteiger partial charge in [-0.1, -0.05) is 55.4 Å². The maximum atomic E-state index is 10.3. The second-order valence-corrected chi connectivity index (χ2v) is 7.92. The van der Waals surface area contributed by atoms with Crippen molar-refractivity contribution < 1.29 is 22.3 Å². The van der Waals surface area contributed by atoms with Crippen molar-refractivity contribution in [2.24, 2.45) is 5.41 Å². The van der Waals surface area contributed by atoms with Gasteiger partial charge in [-0.15, -0.1) is 0 Å². The summed E-state index contributed by atoms with van der Waals surface area (Å²) in [5, 5.41) is 0. The van der Waals surface area contributed by atoms with Gasteiger partial charge in [-0.3, -0.25) is 13.9 Å². The average Bonchev–Trinajstić information content (AvgIpc) is 2.44. The molecular formula is C20H31NaO5S. The SMILES string of the molecule is CC1=C(/C=C/C(C)=C/C=C/C(C)=C/C=O)C(C)(C)CCC1.O=S(=O)(O)O.[NaH]. The van der Waals surface area contributed by atoms with Gasteiger partial charge in [-0.2, -0.15) is 8.42 Å². The van der Waals surface area contributed by atoms with E-state index in [0.717, 1.165) is 11.9 Å². The molecule has 0 heterocycles. The molecule has 0 aromatic heterocycles. The molecule has 7 heteroatoms. The summed E-state index contributed by atoms with van der Waals surface area (Å²) in [5.41, 5.74) is 5.48. The van der Waals surface area contributed by atoms with Crippen LogP contribution in [-0.2, 0) is 15.2 Å². The van der Waals surface area contributed by atoms with E-state index in [1.165, 1.54) is 36.0 Å². The average molecular weight is 407 g/mol. The number of hydrogen-bond acceptors (Lipinski definition) is 3.